The van der Waals surface area contributed by atoms with Gasteiger partial charge >= 0.3 is 0 Å². The minimum atomic E-state index is 0.418. The van der Waals surface area contributed by atoms with Crippen molar-refractivity contribution in [1.82, 2.24) is 4.90 Å². The summed E-state index contributed by atoms with van der Waals surface area (Å²) in [6.07, 6.45) is 3.88. The smallest absolute Gasteiger partial charge is 0.123 e. The van der Waals surface area contributed by atoms with Crippen LogP contribution in [0.15, 0.2) is 24.3 Å². The summed E-state index contributed by atoms with van der Waals surface area (Å²) >= 11 is 0. The van der Waals surface area contributed by atoms with E-state index in [-0.39, 0.29) is 0 Å². The second kappa shape index (κ2) is 5.51. The Balaban J connectivity index is 1.68. The van der Waals surface area contributed by atoms with E-state index in [0.29, 0.717) is 12.0 Å². The molecule has 0 amide bonds. The summed E-state index contributed by atoms with van der Waals surface area (Å²) in [6, 6.07) is 8.75. The number of ether oxygens (including phenoxy) is 1. The molecule has 0 radical (unpaired) electrons. The fourth-order valence-electron chi connectivity index (χ4n) is 3.81. The number of fused-ring (bicyclic) bond motifs is 1. The zero-order valence-corrected chi connectivity index (χ0v) is 11.7. The Kier molecular flexibility index (Phi) is 3.76. The van der Waals surface area contributed by atoms with E-state index in [0.717, 1.165) is 24.8 Å². The first-order chi connectivity index (χ1) is 9.28. The summed E-state index contributed by atoms with van der Waals surface area (Å²) in [7, 11) is 1.75. The van der Waals surface area contributed by atoms with Gasteiger partial charge in [0, 0.05) is 31.2 Å². The molecule has 1 saturated heterocycles. The van der Waals surface area contributed by atoms with E-state index in [4.69, 9.17) is 10.5 Å². The standard InChI is InChI=1S/C16H24N2O/c1-19-16-8-3-2-5-13(16)10-18-9-12-6-4-7-15(17)14(12)11-18/h2-3,5,8,12,14-15H,4,6-7,9-11,17H2,1H3. The summed E-state index contributed by atoms with van der Waals surface area (Å²) < 4.78 is 5.44. The normalized spacial score (nSPS) is 31.2. The first kappa shape index (κ1) is 12.9. The Hall–Kier alpha value is -1.06. The minimum absolute atomic E-state index is 0.418. The molecule has 19 heavy (non-hydrogen) atoms. The molecule has 3 heteroatoms. The molecular formula is C16H24N2O. The number of hydrogen-bond acceptors (Lipinski definition) is 3. The molecule has 1 aliphatic carbocycles. The Labute approximate surface area is 115 Å². The monoisotopic (exact) mass is 260 g/mol. The number of nitrogens with zero attached hydrogens (tertiary/aromatic N) is 1. The van der Waals surface area contributed by atoms with Crippen LogP contribution < -0.4 is 10.5 Å². The summed E-state index contributed by atoms with van der Waals surface area (Å²) in [5.74, 6) is 2.53. The van der Waals surface area contributed by atoms with Crippen molar-refractivity contribution in [2.24, 2.45) is 17.6 Å². The average Bonchev–Trinajstić information content (AvgIpc) is 2.83. The van der Waals surface area contributed by atoms with Crippen LogP contribution >= 0.6 is 0 Å². The van der Waals surface area contributed by atoms with Crippen molar-refractivity contribution in [3.63, 3.8) is 0 Å². The molecule has 3 rings (SSSR count). The number of hydrogen-bond donors (Lipinski definition) is 1. The van der Waals surface area contributed by atoms with Crippen LogP contribution in [-0.2, 0) is 6.54 Å². The molecule has 3 nitrogen and oxygen atoms in total. The molecule has 3 unspecified atom stereocenters. The zero-order chi connectivity index (χ0) is 13.2. The molecule has 3 atom stereocenters. The van der Waals surface area contributed by atoms with Gasteiger partial charge in [-0.25, -0.2) is 0 Å². The van der Waals surface area contributed by atoms with E-state index in [1.54, 1.807) is 7.11 Å². The van der Waals surface area contributed by atoms with Gasteiger partial charge in [-0.3, -0.25) is 4.90 Å². The van der Waals surface area contributed by atoms with E-state index in [9.17, 15) is 0 Å². The van der Waals surface area contributed by atoms with Crippen LogP contribution in [0.25, 0.3) is 0 Å². The SMILES string of the molecule is COc1ccccc1CN1CC2CCCC(N)C2C1. The van der Waals surface area contributed by atoms with Crippen molar-refractivity contribution in [2.45, 2.75) is 31.8 Å². The van der Waals surface area contributed by atoms with Gasteiger partial charge in [-0.15, -0.1) is 0 Å². The molecule has 104 valence electrons. The summed E-state index contributed by atoms with van der Waals surface area (Å²) in [6.45, 7) is 3.35. The fraction of sp³-hybridized carbons (Fsp3) is 0.625. The van der Waals surface area contributed by atoms with Gasteiger partial charge in [0.15, 0.2) is 0 Å². The molecule has 1 aromatic rings. The van der Waals surface area contributed by atoms with Crippen LogP contribution in [0.2, 0.25) is 0 Å². The molecule has 1 aromatic carbocycles. The molecule has 1 saturated carbocycles. The summed E-state index contributed by atoms with van der Waals surface area (Å²) in [5.41, 5.74) is 7.57. The molecule has 0 spiro atoms. The number of likely N-dealkylation sites (tertiary alicyclic amines) is 1. The highest BCUT2D eigenvalue weighted by molar-refractivity contribution is 5.33. The highest BCUT2D eigenvalue weighted by atomic mass is 16.5. The van der Waals surface area contributed by atoms with Crippen molar-refractivity contribution in [1.29, 1.82) is 0 Å². The van der Waals surface area contributed by atoms with Crippen LogP contribution in [-0.4, -0.2) is 31.1 Å². The van der Waals surface area contributed by atoms with Crippen molar-refractivity contribution in [2.75, 3.05) is 20.2 Å². The number of nitrogens with two attached hydrogens (primary N) is 1. The van der Waals surface area contributed by atoms with Crippen molar-refractivity contribution >= 4 is 0 Å². The number of methoxy groups -OCH3 is 1. The topological polar surface area (TPSA) is 38.5 Å². The first-order valence-electron chi connectivity index (χ1n) is 7.37. The Morgan fingerprint density at radius 3 is 2.89 bits per heavy atom. The van der Waals surface area contributed by atoms with E-state index in [1.165, 1.54) is 31.4 Å². The van der Waals surface area contributed by atoms with Gasteiger partial charge in [0.2, 0.25) is 0 Å². The summed E-state index contributed by atoms with van der Waals surface area (Å²) in [4.78, 5) is 2.55. The number of rotatable bonds is 3. The second-order valence-corrected chi connectivity index (χ2v) is 6.02. The lowest BCUT2D eigenvalue weighted by Crippen LogP contribution is -2.38. The Morgan fingerprint density at radius 1 is 1.26 bits per heavy atom. The third-order valence-corrected chi connectivity index (χ3v) is 4.82. The maximum atomic E-state index is 6.28. The lowest BCUT2D eigenvalue weighted by molar-refractivity contribution is 0.259. The Bertz CT molecular complexity index is 435. The molecule has 1 heterocycles. The number of para-hydroxylation sites is 1. The minimum Gasteiger partial charge on any atom is -0.496 e. The van der Waals surface area contributed by atoms with E-state index in [2.05, 4.69) is 17.0 Å². The molecule has 2 N–H and O–H groups in total. The molecule has 1 aliphatic heterocycles. The third-order valence-electron chi connectivity index (χ3n) is 4.82. The van der Waals surface area contributed by atoms with E-state index in [1.807, 2.05) is 12.1 Å². The van der Waals surface area contributed by atoms with Gasteiger partial charge in [-0.05, 0) is 30.7 Å². The fourth-order valence-corrected chi connectivity index (χ4v) is 3.81. The maximum absolute atomic E-state index is 6.28. The van der Waals surface area contributed by atoms with Crippen LogP contribution in [0.4, 0.5) is 0 Å². The molecule has 2 aliphatic rings. The van der Waals surface area contributed by atoms with Crippen LogP contribution in [0.5, 0.6) is 5.75 Å². The van der Waals surface area contributed by atoms with Crippen LogP contribution in [0.3, 0.4) is 0 Å². The van der Waals surface area contributed by atoms with Crippen molar-refractivity contribution in [3.8, 4) is 5.75 Å². The first-order valence-corrected chi connectivity index (χ1v) is 7.37. The average molecular weight is 260 g/mol. The van der Waals surface area contributed by atoms with Gasteiger partial charge in [-0.2, -0.15) is 0 Å². The molecule has 0 aromatic heterocycles. The lowest BCUT2D eigenvalue weighted by atomic mass is 9.78. The Morgan fingerprint density at radius 2 is 2.11 bits per heavy atom. The lowest BCUT2D eigenvalue weighted by Gasteiger charge is -2.29. The van der Waals surface area contributed by atoms with Crippen molar-refractivity contribution < 1.29 is 4.74 Å². The second-order valence-electron chi connectivity index (χ2n) is 6.02. The highest BCUT2D eigenvalue weighted by Gasteiger charge is 2.38. The zero-order valence-electron chi connectivity index (χ0n) is 11.7. The predicted octanol–water partition coefficient (Wildman–Crippen LogP) is 2.25. The van der Waals surface area contributed by atoms with Crippen LogP contribution in [0, 0.1) is 11.8 Å². The molecule has 2 fully saturated rings. The van der Waals surface area contributed by atoms with Gasteiger partial charge < -0.3 is 10.5 Å². The third kappa shape index (κ3) is 2.63. The van der Waals surface area contributed by atoms with Gasteiger partial charge in [0.1, 0.15) is 5.75 Å². The van der Waals surface area contributed by atoms with Gasteiger partial charge in [-0.1, -0.05) is 24.6 Å². The quantitative estimate of drug-likeness (QED) is 0.906. The van der Waals surface area contributed by atoms with E-state index >= 15 is 0 Å². The molecular weight excluding hydrogens is 236 g/mol. The van der Waals surface area contributed by atoms with E-state index < -0.39 is 0 Å². The van der Waals surface area contributed by atoms with Gasteiger partial charge in [0.25, 0.3) is 0 Å². The van der Waals surface area contributed by atoms with Crippen LogP contribution in [0.1, 0.15) is 24.8 Å². The number of benzene rings is 1. The maximum Gasteiger partial charge on any atom is 0.123 e. The van der Waals surface area contributed by atoms with Gasteiger partial charge in [0.05, 0.1) is 7.11 Å². The molecule has 0 bridgehead atoms. The predicted molar refractivity (Wildman–Crippen MR) is 77.1 cm³/mol. The largest absolute Gasteiger partial charge is 0.496 e. The highest BCUT2D eigenvalue weighted by Crippen LogP contribution is 2.36. The van der Waals surface area contributed by atoms with Crippen molar-refractivity contribution in [3.05, 3.63) is 29.8 Å². The summed E-state index contributed by atoms with van der Waals surface area (Å²) in [5, 5.41) is 0.